The van der Waals surface area contributed by atoms with Crippen molar-refractivity contribution in [3.05, 3.63) is 52.2 Å². The van der Waals surface area contributed by atoms with Crippen LogP contribution in [0.3, 0.4) is 0 Å². The number of carbonyl (C=O) groups excluding carboxylic acids is 2. The van der Waals surface area contributed by atoms with E-state index in [4.69, 9.17) is 11.5 Å². The first-order valence-corrected chi connectivity index (χ1v) is 11.9. The molecule has 0 spiro atoms. The maximum Gasteiger partial charge on any atom is 0.323 e. The molecule has 0 aliphatic rings. The number of hydrogen-bond donors (Lipinski definition) is 6. The van der Waals surface area contributed by atoms with Crippen LogP contribution in [0.4, 0.5) is 0 Å². The van der Waals surface area contributed by atoms with Gasteiger partial charge >= 0.3 is 5.97 Å². The van der Waals surface area contributed by atoms with Gasteiger partial charge in [-0.15, -0.1) is 11.3 Å². The molecule has 2 rings (SSSR count). The molecule has 0 aliphatic carbocycles. The van der Waals surface area contributed by atoms with Crippen LogP contribution in [0.2, 0.25) is 0 Å². The smallest absolute Gasteiger partial charge is 0.323 e. The van der Waals surface area contributed by atoms with Crippen LogP contribution in [0, 0.1) is 0 Å². The van der Waals surface area contributed by atoms with E-state index in [0.29, 0.717) is 19.5 Å². The van der Waals surface area contributed by atoms with Crippen molar-refractivity contribution < 1.29 is 27.9 Å². The lowest BCUT2D eigenvalue weighted by molar-refractivity contribution is -0.138. The van der Waals surface area contributed by atoms with Gasteiger partial charge in [-0.25, -0.2) is 8.42 Å². The minimum absolute atomic E-state index is 0.0340. The Morgan fingerprint density at radius 3 is 2.18 bits per heavy atom. The quantitative estimate of drug-likeness (QED) is 0.126. The first-order chi connectivity index (χ1) is 15.6. The summed E-state index contributed by atoms with van der Waals surface area (Å²) in [6.45, 7) is 0.195. The highest BCUT2D eigenvalue weighted by Gasteiger charge is 2.26. The summed E-state index contributed by atoms with van der Waals surface area (Å²) < 4.78 is 26.8. The molecule has 0 unspecified atom stereocenters. The molecule has 8 N–H and O–H groups in total. The molecule has 33 heavy (non-hydrogen) atoms. The molecule has 0 radical (unpaired) electrons. The van der Waals surface area contributed by atoms with Gasteiger partial charge in [0.15, 0.2) is 5.96 Å². The number of nitrogens with two attached hydrogens (primary N) is 2. The van der Waals surface area contributed by atoms with Crippen LogP contribution >= 0.6 is 11.3 Å². The van der Waals surface area contributed by atoms with E-state index in [0.717, 1.165) is 11.3 Å². The lowest BCUT2D eigenvalue weighted by Gasteiger charge is -2.15. The van der Waals surface area contributed by atoms with Gasteiger partial charge in [0.05, 0.1) is 14.6 Å². The number of guanidine groups is 1. The summed E-state index contributed by atoms with van der Waals surface area (Å²) in [5.41, 5.74) is 10.4. The fourth-order valence-electron chi connectivity index (χ4n) is 2.47. The zero-order valence-corrected chi connectivity index (χ0v) is 19.0. The number of rotatable bonds is 12. The number of aliphatic carboxylic acids is 1. The highest BCUT2D eigenvalue weighted by atomic mass is 32.2. The molecule has 2 aromatic rings. The van der Waals surface area contributed by atoms with Gasteiger partial charge in [-0.05, 0) is 30.7 Å². The van der Waals surface area contributed by atoms with Gasteiger partial charge in [0, 0.05) is 19.6 Å². The molecular formula is C19H24N6O6S2. The van der Waals surface area contributed by atoms with Gasteiger partial charge in [-0.3, -0.25) is 19.4 Å². The summed E-state index contributed by atoms with van der Waals surface area (Å²) in [5.74, 6) is -2.52. The fourth-order valence-corrected chi connectivity index (χ4v) is 4.52. The molecule has 1 aromatic carbocycles. The van der Waals surface area contributed by atoms with Gasteiger partial charge < -0.3 is 27.2 Å². The third kappa shape index (κ3) is 8.17. The zero-order chi connectivity index (χ0) is 24.4. The number of hydrogen-bond acceptors (Lipinski definition) is 7. The van der Waals surface area contributed by atoms with Gasteiger partial charge in [-0.1, -0.05) is 18.2 Å². The van der Waals surface area contributed by atoms with E-state index in [-0.39, 0.29) is 26.5 Å². The number of nitrogens with zero attached hydrogens (tertiary/aromatic N) is 1. The third-order valence-corrected chi connectivity index (χ3v) is 6.65. The minimum atomic E-state index is -4.10. The Kier molecular flexibility index (Phi) is 9.32. The average Bonchev–Trinajstić information content (AvgIpc) is 3.27. The monoisotopic (exact) mass is 496 g/mol. The summed E-state index contributed by atoms with van der Waals surface area (Å²) >= 11 is 0.910. The van der Waals surface area contributed by atoms with E-state index < -0.39 is 34.5 Å². The van der Waals surface area contributed by atoms with Crippen molar-refractivity contribution in [2.75, 3.05) is 19.6 Å². The molecule has 0 saturated heterocycles. The number of benzene rings is 1. The Morgan fingerprint density at radius 1 is 1.00 bits per heavy atom. The number of carbonyl (C=O) groups is 3. The number of carboxylic acid groups (broad SMARTS) is 1. The zero-order valence-electron chi connectivity index (χ0n) is 17.4. The van der Waals surface area contributed by atoms with E-state index in [9.17, 15) is 27.9 Å². The van der Waals surface area contributed by atoms with E-state index in [1.165, 1.54) is 36.4 Å². The molecule has 12 nitrogen and oxygen atoms in total. The average molecular weight is 497 g/mol. The standard InChI is InChI=1S/C19H24N6O6S2/c20-19(21)23-10-4-9-22-16(26)14-7-8-15(32-14)17(27)24-11-13(18(28)29)25-33(30,31)12-5-2-1-3-6-12/h1-3,5-8,13,25H,4,9-11H2,(H,22,26)(H,24,27)(H,28,29)(H4,20,21,23)/t13-/m0/s1. The number of carboxylic acids is 1. The van der Waals surface area contributed by atoms with Gasteiger partial charge in [0.1, 0.15) is 6.04 Å². The second kappa shape index (κ2) is 11.9. The van der Waals surface area contributed by atoms with E-state index in [2.05, 4.69) is 20.3 Å². The second-order valence-corrected chi connectivity index (χ2v) is 9.41. The summed E-state index contributed by atoms with van der Waals surface area (Å²) in [7, 11) is -4.10. The van der Waals surface area contributed by atoms with Crippen molar-refractivity contribution >= 4 is 45.1 Å². The minimum Gasteiger partial charge on any atom is -0.480 e. The van der Waals surface area contributed by atoms with Crippen molar-refractivity contribution in [3.63, 3.8) is 0 Å². The Hall–Kier alpha value is -3.49. The van der Waals surface area contributed by atoms with Crippen LogP contribution in [0.15, 0.2) is 52.4 Å². The number of sulfonamides is 1. The van der Waals surface area contributed by atoms with Crippen LogP contribution in [0.1, 0.15) is 25.8 Å². The molecule has 0 aliphatic heterocycles. The van der Waals surface area contributed by atoms with Gasteiger partial charge in [-0.2, -0.15) is 4.72 Å². The predicted molar refractivity (Wildman–Crippen MR) is 122 cm³/mol. The normalized spacial score (nSPS) is 11.9. The van der Waals surface area contributed by atoms with Crippen LogP contribution < -0.4 is 26.8 Å². The molecule has 0 saturated carbocycles. The Balaban J connectivity index is 1.91. The fraction of sp³-hybridized carbons (Fsp3) is 0.263. The van der Waals surface area contributed by atoms with Crippen molar-refractivity contribution in [1.29, 1.82) is 0 Å². The second-order valence-electron chi connectivity index (χ2n) is 6.62. The van der Waals surface area contributed by atoms with Crippen LogP contribution in [0.5, 0.6) is 0 Å². The maximum atomic E-state index is 12.4. The number of amides is 2. The Labute approximate surface area is 194 Å². The highest BCUT2D eigenvalue weighted by molar-refractivity contribution is 7.89. The topological polar surface area (TPSA) is 206 Å². The van der Waals surface area contributed by atoms with E-state index in [1.54, 1.807) is 6.07 Å². The number of nitrogens with one attached hydrogen (secondary N) is 3. The lowest BCUT2D eigenvalue weighted by Crippen LogP contribution is -2.48. The largest absolute Gasteiger partial charge is 0.480 e. The van der Waals surface area contributed by atoms with E-state index in [1.807, 2.05) is 0 Å². The Bertz CT molecular complexity index is 1110. The van der Waals surface area contributed by atoms with Crippen molar-refractivity contribution in [1.82, 2.24) is 15.4 Å². The van der Waals surface area contributed by atoms with Crippen LogP contribution in [-0.2, 0) is 14.8 Å². The first-order valence-electron chi connectivity index (χ1n) is 9.62. The van der Waals surface area contributed by atoms with Crippen LogP contribution in [0.25, 0.3) is 0 Å². The molecule has 1 heterocycles. The molecule has 178 valence electrons. The highest BCUT2D eigenvalue weighted by Crippen LogP contribution is 2.16. The summed E-state index contributed by atoms with van der Waals surface area (Å²) in [4.78, 5) is 40.1. The molecule has 1 atom stereocenters. The summed E-state index contributed by atoms with van der Waals surface area (Å²) in [6, 6.07) is 8.54. The first kappa shape index (κ1) is 25.8. The maximum absolute atomic E-state index is 12.4. The Morgan fingerprint density at radius 2 is 1.61 bits per heavy atom. The molecule has 2 amide bonds. The molecule has 1 aromatic heterocycles. The van der Waals surface area contributed by atoms with E-state index >= 15 is 0 Å². The summed E-state index contributed by atoms with van der Waals surface area (Å²) in [5, 5.41) is 14.4. The van der Waals surface area contributed by atoms with Crippen LogP contribution in [-0.4, -0.2) is 62.9 Å². The van der Waals surface area contributed by atoms with Crippen molar-refractivity contribution in [2.45, 2.75) is 17.4 Å². The molecule has 0 fully saturated rings. The lowest BCUT2D eigenvalue weighted by atomic mass is 10.3. The molecule has 14 heteroatoms. The van der Waals surface area contributed by atoms with Crippen molar-refractivity contribution in [3.8, 4) is 0 Å². The molecule has 0 bridgehead atoms. The van der Waals surface area contributed by atoms with Gasteiger partial charge in [0.25, 0.3) is 11.8 Å². The van der Waals surface area contributed by atoms with Gasteiger partial charge in [0.2, 0.25) is 10.0 Å². The number of thiophene rings is 1. The van der Waals surface area contributed by atoms with Crippen molar-refractivity contribution in [2.24, 2.45) is 16.5 Å². The summed E-state index contributed by atoms with van der Waals surface area (Å²) in [6.07, 6.45) is 0.526. The number of aliphatic imine (C=N–C) groups is 1. The third-order valence-electron chi connectivity index (χ3n) is 4.08. The predicted octanol–water partition coefficient (Wildman–Crippen LogP) is -0.697. The molecular weight excluding hydrogens is 472 g/mol. The SMILES string of the molecule is NC(N)=NCCCNC(=O)c1ccc(C(=O)NC[C@H](NS(=O)(=O)c2ccccc2)C(=O)O)s1.